The van der Waals surface area contributed by atoms with E-state index >= 15 is 0 Å². The standard InChI is InChI=1S/C8H16O/c1-5-7(2)6-8(3)9-4/h6-7H,5H2,1-4H3. The summed E-state index contributed by atoms with van der Waals surface area (Å²) in [6.45, 7) is 6.33. The lowest BCUT2D eigenvalue weighted by atomic mass is 10.1. The van der Waals surface area contributed by atoms with Gasteiger partial charge in [-0.25, -0.2) is 0 Å². The quantitative estimate of drug-likeness (QED) is 0.531. The fraction of sp³-hybridized carbons (Fsp3) is 0.750. The van der Waals surface area contributed by atoms with Crippen molar-refractivity contribution in [2.45, 2.75) is 27.2 Å². The summed E-state index contributed by atoms with van der Waals surface area (Å²) in [7, 11) is 1.70. The van der Waals surface area contributed by atoms with Crippen LogP contribution in [0.4, 0.5) is 0 Å². The maximum absolute atomic E-state index is 4.98. The number of hydrogen-bond acceptors (Lipinski definition) is 1. The SMILES string of the molecule is CCC(C)C=C(C)OC. The molecule has 0 aromatic carbocycles. The van der Waals surface area contributed by atoms with E-state index in [0.29, 0.717) is 5.92 Å². The largest absolute Gasteiger partial charge is 0.502 e. The second-order valence-corrected chi connectivity index (χ2v) is 2.37. The molecule has 0 aliphatic rings. The first-order valence-electron chi connectivity index (χ1n) is 3.43. The number of rotatable bonds is 3. The van der Waals surface area contributed by atoms with E-state index in [1.54, 1.807) is 7.11 Å². The minimum atomic E-state index is 0.643. The van der Waals surface area contributed by atoms with Crippen molar-refractivity contribution in [3.63, 3.8) is 0 Å². The van der Waals surface area contributed by atoms with E-state index in [0.717, 1.165) is 5.76 Å². The first-order valence-corrected chi connectivity index (χ1v) is 3.43. The molecule has 0 aliphatic carbocycles. The van der Waals surface area contributed by atoms with Crippen LogP contribution >= 0.6 is 0 Å². The van der Waals surface area contributed by atoms with Crippen LogP contribution in [0.25, 0.3) is 0 Å². The molecule has 0 aromatic rings. The average Bonchev–Trinajstić information content (AvgIpc) is 1.87. The van der Waals surface area contributed by atoms with Gasteiger partial charge in [0.05, 0.1) is 12.9 Å². The van der Waals surface area contributed by atoms with Crippen LogP contribution in [-0.4, -0.2) is 7.11 Å². The van der Waals surface area contributed by atoms with Crippen molar-refractivity contribution in [3.05, 3.63) is 11.8 Å². The van der Waals surface area contributed by atoms with Crippen LogP contribution in [0.15, 0.2) is 11.8 Å². The lowest BCUT2D eigenvalue weighted by Crippen LogP contribution is -1.88. The highest BCUT2D eigenvalue weighted by Crippen LogP contribution is 2.05. The molecule has 9 heavy (non-hydrogen) atoms. The van der Waals surface area contributed by atoms with Gasteiger partial charge in [0, 0.05) is 0 Å². The first-order chi connectivity index (χ1) is 4.20. The Kier molecular flexibility index (Phi) is 4.20. The van der Waals surface area contributed by atoms with Gasteiger partial charge in [0.1, 0.15) is 0 Å². The smallest absolute Gasteiger partial charge is 0.0887 e. The summed E-state index contributed by atoms with van der Waals surface area (Å²) < 4.78 is 4.98. The molecule has 0 saturated carbocycles. The molecule has 0 radical (unpaired) electrons. The van der Waals surface area contributed by atoms with Gasteiger partial charge in [-0.2, -0.15) is 0 Å². The predicted molar refractivity (Wildman–Crippen MR) is 40.2 cm³/mol. The summed E-state index contributed by atoms with van der Waals surface area (Å²) in [5.74, 6) is 1.66. The van der Waals surface area contributed by atoms with Gasteiger partial charge in [-0.15, -0.1) is 0 Å². The Hall–Kier alpha value is -0.460. The Morgan fingerprint density at radius 1 is 1.67 bits per heavy atom. The van der Waals surface area contributed by atoms with E-state index in [-0.39, 0.29) is 0 Å². The lowest BCUT2D eigenvalue weighted by molar-refractivity contribution is 0.289. The summed E-state index contributed by atoms with van der Waals surface area (Å²) >= 11 is 0. The van der Waals surface area contributed by atoms with E-state index in [4.69, 9.17) is 4.74 Å². The zero-order chi connectivity index (χ0) is 7.28. The van der Waals surface area contributed by atoms with Crippen molar-refractivity contribution in [2.75, 3.05) is 7.11 Å². The maximum atomic E-state index is 4.98. The Labute approximate surface area is 57.7 Å². The number of allylic oxidation sites excluding steroid dienone is 2. The van der Waals surface area contributed by atoms with Crippen LogP contribution in [0.1, 0.15) is 27.2 Å². The zero-order valence-electron chi connectivity index (χ0n) is 6.77. The van der Waals surface area contributed by atoms with Gasteiger partial charge in [0.25, 0.3) is 0 Å². The molecular weight excluding hydrogens is 112 g/mol. The average molecular weight is 128 g/mol. The van der Waals surface area contributed by atoms with Gasteiger partial charge in [0.2, 0.25) is 0 Å². The molecule has 0 bridgehead atoms. The van der Waals surface area contributed by atoms with Crippen molar-refractivity contribution in [2.24, 2.45) is 5.92 Å². The first kappa shape index (κ1) is 8.54. The second-order valence-electron chi connectivity index (χ2n) is 2.37. The molecule has 0 heterocycles. The summed E-state index contributed by atoms with van der Waals surface area (Å²) in [5.41, 5.74) is 0. The summed E-state index contributed by atoms with van der Waals surface area (Å²) in [6, 6.07) is 0. The number of hydrogen-bond donors (Lipinski definition) is 0. The third-order valence-corrected chi connectivity index (χ3v) is 1.49. The fourth-order valence-corrected chi connectivity index (χ4v) is 0.587. The number of ether oxygens (including phenoxy) is 1. The van der Waals surface area contributed by atoms with Crippen molar-refractivity contribution < 1.29 is 4.74 Å². The Morgan fingerprint density at radius 3 is 2.56 bits per heavy atom. The normalized spacial score (nSPS) is 15.3. The summed E-state index contributed by atoms with van der Waals surface area (Å²) in [5, 5.41) is 0. The lowest BCUT2D eigenvalue weighted by Gasteiger charge is -2.02. The van der Waals surface area contributed by atoms with Gasteiger partial charge in [-0.1, -0.05) is 13.8 Å². The van der Waals surface area contributed by atoms with Crippen LogP contribution in [0.2, 0.25) is 0 Å². The molecule has 0 amide bonds. The molecular formula is C8H16O. The molecule has 0 spiro atoms. The van der Waals surface area contributed by atoms with Gasteiger partial charge in [-0.05, 0) is 25.3 Å². The van der Waals surface area contributed by atoms with Gasteiger partial charge >= 0.3 is 0 Å². The Bertz CT molecular complexity index is 94.7. The third kappa shape index (κ3) is 4.07. The van der Waals surface area contributed by atoms with Gasteiger partial charge in [-0.3, -0.25) is 0 Å². The topological polar surface area (TPSA) is 9.23 Å². The second kappa shape index (κ2) is 4.42. The van der Waals surface area contributed by atoms with E-state index in [1.165, 1.54) is 6.42 Å². The highest BCUT2D eigenvalue weighted by atomic mass is 16.5. The molecule has 0 aliphatic heterocycles. The zero-order valence-corrected chi connectivity index (χ0v) is 6.77. The molecule has 1 nitrogen and oxygen atoms in total. The van der Waals surface area contributed by atoms with E-state index < -0.39 is 0 Å². The van der Waals surface area contributed by atoms with Crippen LogP contribution < -0.4 is 0 Å². The Morgan fingerprint density at radius 2 is 2.22 bits per heavy atom. The van der Waals surface area contributed by atoms with Crippen molar-refractivity contribution in [1.29, 1.82) is 0 Å². The van der Waals surface area contributed by atoms with Crippen LogP contribution in [0.3, 0.4) is 0 Å². The minimum absolute atomic E-state index is 0.643. The summed E-state index contributed by atoms with van der Waals surface area (Å²) in [6.07, 6.45) is 3.32. The number of methoxy groups -OCH3 is 1. The van der Waals surface area contributed by atoms with Crippen LogP contribution in [0.5, 0.6) is 0 Å². The predicted octanol–water partition coefficient (Wildman–Crippen LogP) is 2.58. The monoisotopic (exact) mass is 128 g/mol. The van der Waals surface area contributed by atoms with Crippen molar-refractivity contribution in [1.82, 2.24) is 0 Å². The molecule has 0 aromatic heterocycles. The van der Waals surface area contributed by atoms with E-state index in [1.807, 2.05) is 6.92 Å². The highest BCUT2D eigenvalue weighted by molar-refractivity contribution is 4.90. The molecule has 0 saturated heterocycles. The molecule has 1 atom stereocenters. The molecule has 0 rings (SSSR count). The molecule has 0 fully saturated rings. The van der Waals surface area contributed by atoms with Crippen molar-refractivity contribution >= 4 is 0 Å². The molecule has 1 heteroatoms. The van der Waals surface area contributed by atoms with Crippen molar-refractivity contribution in [3.8, 4) is 0 Å². The molecule has 54 valence electrons. The van der Waals surface area contributed by atoms with E-state index in [9.17, 15) is 0 Å². The fourth-order valence-electron chi connectivity index (χ4n) is 0.587. The summed E-state index contributed by atoms with van der Waals surface area (Å²) in [4.78, 5) is 0. The minimum Gasteiger partial charge on any atom is -0.502 e. The van der Waals surface area contributed by atoms with Gasteiger partial charge < -0.3 is 4.74 Å². The highest BCUT2D eigenvalue weighted by Gasteiger charge is 1.92. The van der Waals surface area contributed by atoms with Crippen LogP contribution in [0, 0.1) is 5.92 Å². The Balaban J connectivity index is 3.64. The molecule has 0 N–H and O–H groups in total. The molecule has 1 unspecified atom stereocenters. The van der Waals surface area contributed by atoms with Crippen LogP contribution in [-0.2, 0) is 4.74 Å². The third-order valence-electron chi connectivity index (χ3n) is 1.49. The van der Waals surface area contributed by atoms with Gasteiger partial charge in [0.15, 0.2) is 0 Å². The maximum Gasteiger partial charge on any atom is 0.0887 e. The van der Waals surface area contributed by atoms with E-state index in [2.05, 4.69) is 19.9 Å².